The minimum absolute atomic E-state index is 0.00374. The van der Waals surface area contributed by atoms with Crippen molar-refractivity contribution in [2.75, 3.05) is 0 Å². The zero-order chi connectivity index (χ0) is 18.9. The van der Waals surface area contributed by atoms with Crippen LogP contribution in [0.25, 0.3) is 0 Å². The van der Waals surface area contributed by atoms with E-state index < -0.39 is 11.5 Å². The van der Waals surface area contributed by atoms with Crippen molar-refractivity contribution in [1.82, 2.24) is 0 Å². The Balaban J connectivity index is 1.99. The van der Waals surface area contributed by atoms with Crippen molar-refractivity contribution in [3.8, 4) is 6.07 Å². The van der Waals surface area contributed by atoms with Gasteiger partial charge in [-0.3, -0.25) is 4.79 Å². The molecule has 2 aromatic carbocycles. The molecule has 2 N–H and O–H groups in total. The molecule has 2 atom stereocenters. The third-order valence-corrected chi connectivity index (χ3v) is 5.69. The fourth-order valence-electron chi connectivity index (χ4n) is 3.57. The fourth-order valence-corrected chi connectivity index (χ4v) is 4.47. The van der Waals surface area contributed by atoms with Gasteiger partial charge in [-0.25, -0.2) is 0 Å². The monoisotopic (exact) mass is 372 g/mol. The zero-order valence-corrected chi connectivity index (χ0v) is 15.1. The van der Waals surface area contributed by atoms with Crippen molar-refractivity contribution in [2.24, 2.45) is 5.73 Å². The summed E-state index contributed by atoms with van der Waals surface area (Å²) in [4.78, 5) is 14.6. The predicted molar refractivity (Wildman–Crippen MR) is 104 cm³/mol. The molecule has 0 unspecified atom stereocenters. The van der Waals surface area contributed by atoms with Gasteiger partial charge in [0.1, 0.15) is 11.6 Å². The highest BCUT2D eigenvalue weighted by Gasteiger charge is 2.57. The van der Waals surface area contributed by atoms with Crippen LogP contribution < -0.4 is 5.73 Å². The van der Waals surface area contributed by atoms with E-state index in [0.717, 1.165) is 4.88 Å². The summed E-state index contributed by atoms with van der Waals surface area (Å²) in [5.41, 5.74) is 6.15. The van der Waals surface area contributed by atoms with Gasteiger partial charge < -0.3 is 10.5 Å². The molecule has 27 heavy (non-hydrogen) atoms. The van der Waals surface area contributed by atoms with Gasteiger partial charge in [-0.05, 0) is 11.4 Å². The van der Waals surface area contributed by atoms with Crippen LogP contribution >= 0.6 is 11.3 Å². The first kappa shape index (κ1) is 17.1. The lowest BCUT2D eigenvalue weighted by atomic mass is 9.73. The highest BCUT2D eigenvalue weighted by atomic mass is 32.1. The molecule has 0 saturated carbocycles. The van der Waals surface area contributed by atoms with Gasteiger partial charge in [0.2, 0.25) is 17.3 Å². The average molecular weight is 372 g/mol. The Morgan fingerprint density at radius 3 is 2.30 bits per heavy atom. The van der Waals surface area contributed by atoms with E-state index in [2.05, 4.69) is 6.07 Å². The van der Waals surface area contributed by atoms with Crippen LogP contribution in [-0.2, 0) is 10.3 Å². The quantitative estimate of drug-likeness (QED) is 0.692. The van der Waals surface area contributed by atoms with Crippen LogP contribution in [0.3, 0.4) is 0 Å². The van der Waals surface area contributed by atoms with Gasteiger partial charge in [-0.15, -0.1) is 11.3 Å². The highest BCUT2D eigenvalue weighted by molar-refractivity contribution is 7.10. The first-order valence-corrected chi connectivity index (χ1v) is 9.34. The van der Waals surface area contributed by atoms with Gasteiger partial charge in [0, 0.05) is 16.0 Å². The number of benzene rings is 2. The Morgan fingerprint density at radius 2 is 1.70 bits per heavy atom. The molecular weight excluding hydrogens is 356 g/mol. The molecule has 0 amide bonds. The number of carbonyl (C=O) groups excluding carboxylic acids is 1. The number of hydrogen-bond acceptors (Lipinski definition) is 5. The smallest absolute Gasteiger partial charge is 0.212 e. The molecule has 4 nitrogen and oxygen atoms in total. The molecule has 132 valence electrons. The molecule has 4 rings (SSSR count). The Morgan fingerprint density at radius 1 is 1.04 bits per heavy atom. The van der Waals surface area contributed by atoms with E-state index in [4.69, 9.17) is 10.5 Å². The van der Waals surface area contributed by atoms with Crippen LogP contribution in [0.15, 0.2) is 89.6 Å². The Hall–Kier alpha value is -3.36. The summed E-state index contributed by atoms with van der Waals surface area (Å²) in [6.45, 7) is 0. The molecule has 1 aliphatic rings. The van der Waals surface area contributed by atoms with Gasteiger partial charge in [0.15, 0.2) is 0 Å². The van der Waals surface area contributed by atoms with E-state index in [1.165, 1.54) is 11.3 Å². The van der Waals surface area contributed by atoms with E-state index >= 15 is 0 Å². The van der Waals surface area contributed by atoms with Gasteiger partial charge in [-0.1, -0.05) is 66.7 Å². The van der Waals surface area contributed by atoms with E-state index in [-0.39, 0.29) is 17.2 Å². The van der Waals surface area contributed by atoms with Crippen molar-refractivity contribution in [1.29, 1.82) is 5.26 Å². The largest absolute Gasteiger partial charge is 0.458 e. The molecule has 0 fully saturated rings. The van der Waals surface area contributed by atoms with Gasteiger partial charge in [0.25, 0.3) is 0 Å². The summed E-state index contributed by atoms with van der Waals surface area (Å²) >= 11 is 1.48. The number of Topliss-reactive ketones (excluding diaryl/α,β-unsaturated/α-hetero) is 1. The second-order valence-electron chi connectivity index (χ2n) is 6.24. The lowest BCUT2D eigenvalue weighted by Gasteiger charge is -2.33. The third-order valence-electron chi connectivity index (χ3n) is 4.76. The lowest BCUT2D eigenvalue weighted by molar-refractivity contribution is 0.0140. The first-order valence-electron chi connectivity index (χ1n) is 8.46. The Labute approximate surface area is 161 Å². The van der Waals surface area contributed by atoms with Crippen LogP contribution in [0.1, 0.15) is 26.7 Å². The predicted octanol–water partition coefficient (Wildman–Crippen LogP) is 4.33. The summed E-state index contributed by atoms with van der Waals surface area (Å²) in [6, 6.07) is 24.2. The van der Waals surface area contributed by atoms with Crippen molar-refractivity contribution in [3.05, 3.63) is 106 Å². The van der Waals surface area contributed by atoms with Crippen molar-refractivity contribution < 1.29 is 9.53 Å². The molecule has 0 saturated heterocycles. The van der Waals surface area contributed by atoms with Crippen LogP contribution in [0.2, 0.25) is 0 Å². The van der Waals surface area contributed by atoms with Crippen LogP contribution in [0.5, 0.6) is 0 Å². The minimum atomic E-state index is -1.41. The number of ether oxygens (including phenoxy) is 1. The molecule has 1 aromatic heterocycles. The molecule has 1 aliphatic heterocycles. The number of rotatable bonds is 4. The topological polar surface area (TPSA) is 76.1 Å². The minimum Gasteiger partial charge on any atom is -0.458 e. The molecule has 5 heteroatoms. The van der Waals surface area contributed by atoms with Gasteiger partial charge in [-0.2, -0.15) is 5.26 Å². The average Bonchev–Trinajstić information content (AvgIpc) is 3.34. The molecule has 0 aliphatic carbocycles. The summed E-state index contributed by atoms with van der Waals surface area (Å²) < 4.78 is 6.08. The normalized spacial score (nSPS) is 21.5. The second kappa shape index (κ2) is 6.75. The van der Waals surface area contributed by atoms with E-state index in [9.17, 15) is 10.1 Å². The number of ketones is 1. The Bertz CT molecular complexity index is 1040. The highest BCUT2D eigenvalue weighted by Crippen LogP contribution is 2.53. The maximum absolute atomic E-state index is 13.8. The number of nitrogens with zero attached hydrogens (tertiary/aromatic N) is 1. The molecule has 0 radical (unpaired) electrons. The standard InChI is InChI=1S/C22H16N2O2S/c23-14-17-19(18-12-7-13-27-18)22(26-21(17)24,16-10-5-2-6-11-16)20(25)15-8-3-1-4-9-15/h1-13,19H,24H2/t19-,22-/m0/s1. The number of thiophene rings is 1. The number of nitriles is 1. The molecule has 0 spiro atoms. The van der Waals surface area contributed by atoms with Crippen LogP contribution in [-0.4, -0.2) is 5.78 Å². The molecule has 2 heterocycles. The summed E-state index contributed by atoms with van der Waals surface area (Å²) in [5, 5.41) is 11.7. The summed E-state index contributed by atoms with van der Waals surface area (Å²) in [5.74, 6) is -0.817. The van der Waals surface area contributed by atoms with E-state index in [0.29, 0.717) is 11.1 Å². The van der Waals surface area contributed by atoms with E-state index in [1.807, 2.05) is 66.0 Å². The van der Waals surface area contributed by atoms with E-state index in [1.54, 1.807) is 12.1 Å². The van der Waals surface area contributed by atoms with Gasteiger partial charge in [0.05, 0.1) is 5.92 Å². The lowest BCUT2D eigenvalue weighted by Crippen LogP contribution is -2.41. The number of nitrogens with two attached hydrogens (primary N) is 1. The molecule has 3 aromatic rings. The fraction of sp³-hybridized carbons (Fsp3) is 0.0909. The van der Waals surface area contributed by atoms with Crippen LogP contribution in [0, 0.1) is 11.3 Å². The molecule has 0 bridgehead atoms. The third kappa shape index (κ3) is 2.62. The maximum atomic E-state index is 13.8. The van der Waals surface area contributed by atoms with Crippen molar-refractivity contribution in [3.63, 3.8) is 0 Å². The Kier molecular flexibility index (Phi) is 4.27. The van der Waals surface area contributed by atoms with Crippen molar-refractivity contribution in [2.45, 2.75) is 11.5 Å². The molecular formula is C22H16N2O2S. The van der Waals surface area contributed by atoms with Crippen LogP contribution in [0.4, 0.5) is 0 Å². The first-order chi connectivity index (χ1) is 13.2. The van der Waals surface area contributed by atoms with Crippen molar-refractivity contribution >= 4 is 17.1 Å². The van der Waals surface area contributed by atoms with Gasteiger partial charge >= 0.3 is 0 Å². The summed E-state index contributed by atoms with van der Waals surface area (Å²) in [7, 11) is 0. The summed E-state index contributed by atoms with van der Waals surface area (Å²) in [6.07, 6.45) is 0. The zero-order valence-electron chi connectivity index (χ0n) is 14.3. The SMILES string of the molecule is N#CC1=C(N)O[C@@](C(=O)c2ccccc2)(c2ccccc2)[C@@H]1c1cccs1. The maximum Gasteiger partial charge on any atom is 0.212 e. The number of hydrogen-bond donors (Lipinski definition) is 1. The number of carbonyl (C=O) groups is 1. The second-order valence-corrected chi connectivity index (χ2v) is 7.22.